The van der Waals surface area contributed by atoms with Gasteiger partial charge in [0, 0.05) is 18.0 Å². The standard InChI is InChI=1S/C14H11FN2.C2H6/c1-10-6-7-14-16-13(9-17(14)8-10)11-4-2-3-5-12(11)15;1-2/h2-9H,1H3;1-2H3. The smallest absolute Gasteiger partial charge is 0.137 e. The summed E-state index contributed by atoms with van der Waals surface area (Å²) in [6.07, 6.45) is 3.83. The van der Waals surface area contributed by atoms with Gasteiger partial charge in [0.1, 0.15) is 11.5 Å². The zero-order chi connectivity index (χ0) is 13.8. The van der Waals surface area contributed by atoms with E-state index < -0.39 is 0 Å². The third-order valence-electron chi connectivity index (χ3n) is 2.75. The van der Waals surface area contributed by atoms with Gasteiger partial charge in [0.25, 0.3) is 0 Å². The van der Waals surface area contributed by atoms with Crippen LogP contribution in [0.1, 0.15) is 19.4 Å². The Balaban J connectivity index is 0.000000637. The van der Waals surface area contributed by atoms with Crippen LogP contribution in [-0.2, 0) is 0 Å². The first-order valence-corrected chi connectivity index (χ1v) is 6.44. The topological polar surface area (TPSA) is 17.3 Å². The number of aryl methyl sites for hydroxylation is 1. The summed E-state index contributed by atoms with van der Waals surface area (Å²) in [6, 6.07) is 10.6. The maximum Gasteiger partial charge on any atom is 0.137 e. The third-order valence-corrected chi connectivity index (χ3v) is 2.75. The van der Waals surface area contributed by atoms with Gasteiger partial charge in [-0.1, -0.05) is 32.0 Å². The Bertz CT molecular complexity index is 686. The summed E-state index contributed by atoms with van der Waals surface area (Å²) in [5, 5.41) is 0. The maximum absolute atomic E-state index is 13.6. The van der Waals surface area contributed by atoms with Crippen molar-refractivity contribution in [1.82, 2.24) is 9.38 Å². The normalized spacial score (nSPS) is 10.1. The van der Waals surface area contributed by atoms with E-state index in [0.29, 0.717) is 11.3 Å². The first kappa shape index (κ1) is 13.3. The number of aromatic nitrogens is 2. The first-order chi connectivity index (χ1) is 9.24. The number of imidazole rings is 1. The van der Waals surface area contributed by atoms with E-state index in [1.54, 1.807) is 12.1 Å². The summed E-state index contributed by atoms with van der Waals surface area (Å²) in [5.41, 5.74) is 3.17. The fourth-order valence-electron chi connectivity index (χ4n) is 1.90. The molecule has 1 aromatic carbocycles. The first-order valence-electron chi connectivity index (χ1n) is 6.44. The molecule has 2 aromatic heterocycles. The van der Waals surface area contributed by atoms with Gasteiger partial charge in [-0.3, -0.25) is 0 Å². The minimum Gasteiger partial charge on any atom is -0.306 e. The number of benzene rings is 1. The van der Waals surface area contributed by atoms with E-state index in [1.165, 1.54) is 6.07 Å². The molecule has 19 heavy (non-hydrogen) atoms. The Morgan fingerprint density at radius 1 is 1.00 bits per heavy atom. The molecule has 0 N–H and O–H groups in total. The van der Waals surface area contributed by atoms with Crippen molar-refractivity contribution in [2.75, 3.05) is 0 Å². The van der Waals surface area contributed by atoms with Crippen LogP contribution in [0.5, 0.6) is 0 Å². The predicted molar refractivity (Wildman–Crippen MR) is 76.7 cm³/mol. The molecule has 0 saturated heterocycles. The van der Waals surface area contributed by atoms with E-state index in [-0.39, 0.29) is 5.82 Å². The molecule has 0 bridgehead atoms. The Kier molecular flexibility index (Phi) is 3.95. The van der Waals surface area contributed by atoms with E-state index >= 15 is 0 Å². The van der Waals surface area contributed by atoms with Crippen molar-refractivity contribution >= 4 is 5.65 Å². The Hall–Kier alpha value is -2.16. The van der Waals surface area contributed by atoms with E-state index in [0.717, 1.165) is 11.2 Å². The van der Waals surface area contributed by atoms with E-state index in [2.05, 4.69) is 4.98 Å². The number of hydrogen-bond acceptors (Lipinski definition) is 1. The zero-order valence-electron chi connectivity index (χ0n) is 11.4. The van der Waals surface area contributed by atoms with E-state index in [4.69, 9.17) is 0 Å². The lowest BCUT2D eigenvalue weighted by Gasteiger charge is -1.96. The van der Waals surface area contributed by atoms with Crippen molar-refractivity contribution in [2.24, 2.45) is 0 Å². The van der Waals surface area contributed by atoms with Crippen molar-refractivity contribution in [3.63, 3.8) is 0 Å². The highest BCUT2D eigenvalue weighted by Crippen LogP contribution is 2.22. The summed E-state index contributed by atoms with van der Waals surface area (Å²) in [4.78, 5) is 4.41. The van der Waals surface area contributed by atoms with Gasteiger partial charge in [0.2, 0.25) is 0 Å². The molecule has 0 atom stereocenters. The summed E-state index contributed by atoms with van der Waals surface area (Å²) < 4.78 is 15.5. The van der Waals surface area contributed by atoms with Gasteiger partial charge in [-0.2, -0.15) is 0 Å². The summed E-state index contributed by atoms with van der Waals surface area (Å²) in [6.45, 7) is 6.02. The summed E-state index contributed by atoms with van der Waals surface area (Å²) in [7, 11) is 0. The monoisotopic (exact) mass is 256 g/mol. The number of nitrogens with zero attached hydrogens (tertiary/aromatic N) is 2. The molecule has 0 amide bonds. The average Bonchev–Trinajstić information content (AvgIpc) is 2.84. The molecule has 3 heteroatoms. The molecule has 3 rings (SSSR count). The van der Waals surface area contributed by atoms with Crippen LogP contribution in [0.4, 0.5) is 4.39 Å². The second-order valence-corrected chi connectivity index (χ2v) is 4.08. The highest BCUT2D eigenvalue weighted by atomic mass is 19.1. The molecule has 0 fully saturated rings. The highest BCUT2D eigenvalue weighted by molar-refractivity contribution is 5.63. The lowest BCUT2D eigenvalue weighted by atomic mass is 10.1. The fourth-order valence-corrected chi connectivity index (χ4v) is 1.90. The van der Waals surface area contributed by atoms with Crippen molar-refractivity contribution in [3.05, 3.63) is 60.2 Å². The van der Waals surface area contributed by atoms with Crippen molar-refractivity contribution in [3.8, 4) is 11.3 Å². The van der Waals surface area contributed by atoms with Crippen LogP contribution in [-0.4, -0.2) is 9.38 Å². The molecular weight excluding hydrogens is 239 g/mol. The van der Waals surface area contributed by atoms with Crippen LogP contribution in [0.3, 0.4) is 0 Å². The van der Waals surface area contributed by atoms with Crippen LogP contribution in [0, 0.1) is 12.7 Å². The predicted octanol–water partition coefficient (Wildman–Crippen LogP) is 4.48. The quantitative estimate of drug-likeness (QED) is 0.627. The van der Waals surface area contributed by atoms with Crippen molar-refractivity contribution < 1.29 is 4.39 Å². The van der Waals surface area contributed by atoms with Crippen LogP contribution < -0.4 is 0 Å². The second-order valence-electron chi connectivity index (χ2n) is 4.08. The van der Waals surface area contributed by atoms with Crippen LogP contribution in [0.15, 0.2) is 48.8 Å². The Labute approximate surface area is 112 Å². The largest absolute Gasteiger partial charge is 0.306 e. The number of halogens is 1. The minimum absolute atomic E-state index is 0.243. The third kappa shape index (κ3) is 2.65. The number of rotatable bonds is 1. The maximum atomic E-state index is 13.6. The summed E-state index contributed by atoms with van der Waals surface area (Å²) >= 11 is 0. The molecule has 0 unspecified atom stereocenters. The van der Waals surface area contributed by atoms with Gasteiger partial charge in [0.15, 0.2) is 0 Å². The van der Waals surface area contributed by atoms with Crippen LogP contribution >= 0.6 is 0 Å². The van der Waals surface area contributed by atoms with E-state index in [9.17, 15) is 4.39 Å². The van der Waals surface area contributed by atoms with Crippen LogP contribution in [0.25, 0.3) is 16.9 Å². The van der Waals surface area contributed by atoms with Crippen LogP contribution in [0.2, 0.25) is 0 Å². The minimum atomic E-state index is -0.243. The molecule has 0 aliphatic rings. The fraction of sp³-hybridized carbons (Fsp3) is 0.188. The second kappa shape index (κ2) is 5.65. The summed E-state index contributed by atoms with van der Waals surface area (Å²) in [5.74, 6) is -0.243. The van der Waals surface area contributed by atoms with Crippen molar-refractivity contribution in [2.45, 2.75) is 20.8 Å². The molecule has 2 nitrogen and oxygen atoms in total. The Morgan fingerprint density at radius 2 is 1.74 bits per heavy atom. The molecule has 0 aliphatic carbocycles. The van der Waals surface area contributed by atoms with E-state index in [1.807, 2.05) is 55.8 Å². The van der Waals surface area contributed by atoms with Gasteiger partial charge in [0.05, 0.1) is 5.69 Å². The molecule has 0 saturated carbocycles. The number of hydrogen-bond donors (Lipinski definition) is 0. The number of fused-ring (bicyclic) bond motifs is 1. The lowest BCUT2D eigenvalue weighted by Crippen LogP contribution is -1.82. The molecule has 0 radical (unpaired) electrons. The van der Waals surface area contributed by atoms with Gasteiger partial charge >= 0.3 is 0 Å². The average molecular weight is 256 g/mol. The Morgan fingerprint density at radius 3 is 2.47 bits per heavy atom. The highest BCUT2D eigenvalue weighted by Gasteiger charge is 2.08. The van der Waals surface area contributed by atoms with Gasteiger partial charge in [-0.15, -0.1) is 0 Å². The molecule has 3 aromatic rings. The molecule has 98 valence electrons. The number of pyridine rings is 1. The van der Waals surface area contributed by atoms with Gasteiger partial charge in [-0.05, 0) is 30.7 Å². The zero-order valence-corrected chi connectivity index (χ0v) is 11.4. The molecular formula is C16H17FN2. The van der Waals surface area contributed by atoms with Crippen molar-refractivity contribution in [1.29, 1.82) is 0 Å². The van der Waals surface area contributed by atoms with Gasteiger partial charge in [-0.25, -0.2) is 9.37 Å². The van der Waals surface area contributed by atoms with Gasteiger partial charge < -0.3 is 4.40 Å². The molecule has 2 heterocycles. The SMILES string of the molecule is CC.Cc1ccc2nc(-c3ccccc3F)cn2c1. The molecule has 0 aliphatic heterocycles. The lowest BCUT2D eigenvalue weighted by molar-refractivity contribution is 0.631. The molecule has 0 spiro atoms.